The molecule has 4 rings (SSSR count). The average molecular weight is 482 g/mol. The van der Waals surface area contributed by atoms with Crippen molar-refractivity contribution in [3.05, 3.63) is 0 Å². The summed E-state index contributed by atoms with van der Waals surface area (Å²) < 4.78 is 12.3. The number of likely N-dealkylation sites (N-methyl/N-ethyl adjacent to an activating group) is 1. The van der Waals surface area contributed by atoms with E-state index >= 15 is 0 Å². The second-order valence-electron chi connectivity index (χ2n) is 10.5. The molecule has 2 saturated heterocycles. The van der Waals surface area contributed by atoms with E-state index in [0.717, 1.165) is 58.4 Å². The molecule has 0 radical (unpaired) electrons. The first-order chi connectivity index (χ1) is 16.1. The molecule has 10 unspecified atom stereocenters. The summed E-state index contributed by atoms with van der Waals surface area (Å²) in [6, 6.07) is 4.32. The molecule has 2 saturated carbocycles. The summed E-state index contributed by atoms with van der Waals surface area (Å²) in [4.78, 5) is 0. The first kappa shape index (κ1) is 25.6. The van der Waals surface area contributed by atoms with Crippen LogP contribution < -0.4 is 21.3 Å². The molecule has 7 nitrogen and oxygen atoms in total. The van der Waals surface area contributed by atoms with Crippen LogP contribution in [0.15, 0.2) is 0 Å². The van der Waals surface area contributed by atoms with Crippen LogP contribution in [0.1, 0.15) is 58.3 Å². The molecule has 2 aliphatic heterocycles. The Morgan fingerprint density at radius 1 is 1.06 bits per heavy atom. The van der Waals surface area contributed by atoms with Crippen LogP contribution in [0.2, 0.25) is 0 Å². The fourth-order valence-corrected chi connectivity index (χ4v) is 7.02. The van der Waals surface area contributed by atoms with Gasteiger partial charge in [0, 0.05) is 43.4 Å². The lowest BCUT2D eigenvalue weighted by Gasteiger charge is -2.50. The molecule has 33 heavy (non-hydrogen) atoms. The normalized spacial score (nSPS) is 44.1. The Morgan fingerprint density at radius 2 is 1.94 bits per heavy atom. The molecule has 0 bridgehead atoms. The van der Waals surface area contributed by atoms with Crippen LogP contribution in [0.5, 0.6) is 0 Å². The Labute approximate surface area is 205 Å². The van der Waals surface area contributed by atoms with Crippen molar-refractivity contribution in [1.82, 2.24) is 21.3 Å². The Hall–Kier alpha value is -0.460. The second kappa shape index (κ2) is 12.5. The van der Waals surface area contributed by atoms with E-state index < -0.39 is 0 Å². The van der Waals surface area contributed by atoms with E-state index in [4.69, 9.17) is 21.1 Å². The molecule has 0 spiro atoms. The van der Waals surface area contributed by atoms with Gasteiger partial charge in [0.25, 0.3) is 0 Å². The van der Waals surface area contributed by atoms with Crippen molar-refractivity contribution in [2.45, 2.75) is 106 Å². The van der Waals surface area contributed by atoms with Gasteiger partial charge < -0.3 is 30.7 Å². The van der Waals surface area contributed by atoms with Crippen molar-refractivity contribution in [1.29, 1.82) is 5.26 Å². The molecule has 10 atom stereocenters. The van der Waals surface area contributed by atoms with Gasteiger partial charge in [-0.3, -0.25) is 0 Å². The number of nitrogens with one attached hydrogen (secondary N) is 4. The predicted octanol–water partition coefficient (Wildman–Crippen LogP) is 2.15. The molecule has 2 heterocycles. The third-order valence-electron chi connectivity index (χ3n) is 8.45. The van der Waals surface area contributed by atoms with Gasteiger partial charge in [-0.15, -0.1) is 11.6 Å². The highest BCUT2D eigenvalue weighted by Crippen LogP contribution is 2.36. The van der Waals surface area contributed by atoms with Crippen LogP contribution in [-0.4, -0.2) is 81.1 Å². The van der Waals surface area contributed by atoms with Gasteiger partial charge in [-0.25, -0.2) is 0 Å². The Balaban J connectivity index is 1.32. The maximum Gasteiger partial charge on any atom is 0.0744 e. The van der Waals surface area contributed by atoms with Gasteiger partial charge in [0.15, 0.2) is 0 Å². The quantitative estimate of drug-likeness (QED) is 0.395. The van der Waals surface area contributed by atoms with Gasteiger partial charge in [-0.05, 0) is 71.4 Å². The number of ether oxygens (including phenoxy) is 2. The van der Waals surface area contributed by atoms with E-state index in [-0.39, 0.29) is 29.5 Å². The number of piperidine rings is 2. The van der Waals surface area contributed by atoms with Crippen LogP contribution in [0.4, 0.5) is 0 Å². The molecule has 4 fully saturated rings. The van der Waals surface area contributed by atoms with Crippen LogP contribution in [0, 0.1) is 23.2 Å². The minimum atomic E-state index is -0.0208. The van der Waals surface area contributed by atoms with Gasteiger partial charge in [0.2, 0.25) is 0 Å². The molecule has 4 aliphatic rings. The fourth-order valence-electron chi connectivity index (χ4n) is 6.61. The molecular formula is C25H44ClN5O2. The number of hydrogen-bond acceptors (Lipinski definition) is 7. The molecule has 4 N–H and O–H groups in total. The summed E-state index contributed by atoms with van der Waals surface area (Å²) in [6.07, 6.45) is 9.09. The van der Waals surface area contributed by atoms with Gasteiger partial charge in [0.1, 0.15) is 0 Å². The van der Waals surface area contributed by atoms with Gasteiger partial charge in [-0.2, -0.15) is 5.26 Å². The standard InChI is InChI=1S/C25H44ClN5O2/c1-3-32-24-12-21-19(11-22(24)28-2)25(16(13-27)14-30-21)31-17-7-8-23(20(26)10-17)33-15-18-6-4-5-9-29-18/h16-25,28-31H,3-12,14-15H2,1-2H3. The maximum atomic E-state index is 9.91. The summed E-state index contributed by atoms with van der Waals surface area (Å²) >= 11 is 6.83. The molecule has 0 aromatic heterocycles. The summed E-state index contributed by atoms with van der Waals surface area (Å²) in [5.41, 5.74) is 0. The van der Waals surface area contributed by atoms with E-state index in [0.29, 0.717) is 30.1 Å². The number of nitrogens with zero attached hydrogens (tertiary/aromatic N) is 1. The van der Waals surface area contributed by atoms with Crippen LogP contribution in [0.3, 0.4) is 0 Å². The highest BCUT2D eigenvalue weighted by molar-refractivity contribution is 6.21. The van der Waals surface area contributed by atoms with E-state index in [2.05, 4.69) is 34.3 Å². The smallest absolute Gasteiger partial charge is 0.0744 e. The van der Waals surface area contributed by atoms with Gasteiger partial charge >= 0.3 is 0 Å². The van der Waals surface area contributed by atoms with Crippen molar-refractivity contribution >= 4 is 11.6 Å². The molecule has 0 amide bonds. The zero-order chi connectivity index (χ0) is 23.2. The lowest BCUT2D eigenvalue weighted by molar-refractivity contribution is -0.0293. The minimum absolute atomic E-state index is 0.0208. The number of alkyl halides is 1. The first-order valence-corrected chi connectivity index (χ1v) is 13.7. The first-order valence-electron chi connectivity index (χ1n) is 13.3. The predicted molar refractivity (Wildman–Crippen MR) is 131 cm³/mol. The number of fused-ring (bicyclic) bond motifs is 1. The van der Waals surface area contributed by atoms with E-state index in [9.17, 15) is 5.26 Å². The van der Waals surface area contributed by atoms with Crippen molar-refractivity contribution in [3.63, 3.8) is 0 Å². The van der Waals surface area contributed by atoms with Crippen LogP contribution in [0.25, 0.3) is 0 Å². The van der Waals surface area contributed by atoms with Crippen molar-refractivity contribution in [3.8, 4) is 6.07 Å². The van der Waals surface area contributed by atoms with E-state index in [1.807, 2.05) is 7.05 Å². The zero-order valence-corrected chi connectivity index (χ0v) is 21.2. The number of rotatable bonds is 8. The molecule has 0 aromatic carbocycles. The lowest BCUT2D eigenvalue weighted by Crippen LogP contribution is -2.65. The highest BCUT2D eigenvalue weighted by atomic mass is 35.5. The number of halogens is 1. The monoisotopic (exact) mass is 481 g/mol. The summed E-state index contributed by atoms with van der Waals surface area (Å²) in [5.74, 6) is 0.394. The molecule has 0 aromatic rings. The summed E-state index contributed by atoms with van der Waals surface area (Å²) in [5, 5.41) is 24.6. The van der Waals surface area contributed by atoms with Crippen LogP contribution >= 0.6 is 11.6 Å². The third-order valence-corrected chi connectivity index (χ3v) is 8.91. The van der Waals surface area contributed by atoms with Crippen molar-refractivity contribution in [2.75, 3.05) is 33.4 Å². The Morgan fingerprint density at radius 3 is 2.64 bits per heavy atom. The number of hydrogen-bond donors (Lipinski definition) is 4. The van der Waals surface area contributed by atoms with Gasteiger partial charge in [-0.1, -0.05) is 6.42 Å². The number of nitriles is 1. The molecule has 2 aliphatic carbocycles. The SMILES string of the molecule is CCOC1CC2NCC(C#N)C(NC3CCC(OCC4CCCCN4)C(Cl)C3)C2CC1NC. The summed E-state index contributed by atoms with van der Waals surface area (Å²) in [7, 11) is 2.03. The average Bonchev–Trinajstić information content (AvgIpc) is 2.84. The van der Waals surface area contributed by atoms with Gasteiger partial charge in [0.05, 0.1) is 36.2 Å². The molecule has 8 heteroatoms. The molecular weight excluding hydrogens is 438 g/mol. The second-order valence-corrected chi connectivity index (χ2v) is 11.1. The fraction of sp³-hybridized carbons (Fsp3) is 0.960. The third kappa shape index (κ3) is 6.41. The zero-order valence-electron chi connectivity index (χ0n) is 20.4. The topological polar surface area (TPSA) is 90.4 Å². The highest BCUT2D eigenvalue weighted by Gasteiger charge is 2.47. The van der Waals surface area contributed by atoms with E-state index in [1.165, 1.54) is 19.3 Å². The Bertz CT molecular complexity index is 643. The minimum Gasteiger partial charge on any atom is -0.377 e. The Kier molecular flexibility index (Phi) is 9.70. The lowest BCUT2D eigenvalue weighted by atomic mass is 9.69. The van der Waals surface area contributed by atoms with E-state index in [1.54, 1.807) is 0 Å². The summed E-state index contributed by atoms with van der Waals surface area (Å²) in [6.45, 7) is 5.43. The van der Waals surface area contributed by atoms with Crippen molar-refractivity contribution in [2.24, 2.45) is 11.8 Å². The molecule has 188 valence electrons. The maximum absolute atomic E-state index is 9.91. The van der Waals surface area contributed by atoms with Crippen molar-refractivity contribution < 1.29 is 9.47 Å². The van der Waals surface area contributed by atoms with Crippen LogP contribution in [-0.2, 0) is 9.47 Å². The largest absolute Gasteiger partial charge is 0.377 e.